The van der Waals surface area contributed by atoms with E-state index in [0.29, 0.717) is 0 Å². The summed E-state index contributed by atoms with van der Waals surface area (Å²) in [6, 6.07) is 0. The van der Waals surface area contributed by atoms with Crippen LogP contribution in [0.4, 0.5) is 0 Å². The topological polar surface area (TPSA) is 15.3 Å². The summed E-state index contributed by atoms with van der Waals surface area (Å²) in [5.74, 6) is 0. The van der Waals surface area contributed by atoms with E-state index < -0.39 is 0 Å². The lowest BCUT2D eigenvalue weighted by Gasteiger charge is -2.24. The van der Waals surface area contributed by atoms with Crippen LogP contribution in [-0.4, -0.2) is 29.6 Å². The molecule has 0 fully saturated rings. The molecule has 0 radical (unpaired) electrons. The van der Waals surface area contributed by atoms with E-state index in [9.17, 15) is 0 Å². The lowest BCUT2D eigenvalue weighted by atomic mass is 10.2. The second-order valence-corrected chi connectivity index (χ2v) is 4.77. The first-order chi connectivity index (χ1) is 8.26. The number of nitrogens with zero attached hydrogens (tertiary/aromatic N) is 1. The molecule has 0 unspecified atom stereocenters. The third-order valence-corrected chi connectivity index (χ3v) is 3.13. The summed E-state index contributed by atoms with van der Waals surface area (Å²) in [6.45, 7) is 11.1. The zero-order valence-corrected chi connectivity index (χ0v) is 12.3. The highest BCUT2D eigenvalue weighted by atomic mass is 32.1. The molecule has 0 aromatic carbocycles. The molecule has 0 saturated heterocycles. The Hall–Kier alpha value is -0.570. The van der Waals surface area contributed by atoms with E-state index in [4.69, 9.17) is 12.2 Å². The molecule has 0 aromatic heterocycles. The van der Waals surface area contributed by atoms with Crippen molar-refractivity contribution in [3.63, 3.8) is 0 Å². The van der Waals surface area contributed by atoms with Crippen LogP contribution in [0.15, 0.2) is 12.7 Å². The van der Waals surface area contributed by atoms with Crippen molar-refractivity contribution in [2.75, 3.05) is 19.6 Å². The van der Waals surface area contributed by atoms with E-state index in [2.05, 4.69) is 30.6 Å². The molecule has 0 saturated carbocycles. The largest absolute Gasteiger partial charge is 0.363 e. The van der Waals surface area contributed by atoms with Crippen LogP contribution in [0.5, 0.6) is 0 Å². The first-order valence-corrected chi connectivity index (χ1v) is 7.30. The molecular weight excluding hydrogens is 228 g/mol. The maximum absolute atomic E-state index is 5.41. The van der Waals surface area contributed by atoms with Crippen LogP contribution in [0, 0.1) is 0 Å². The summed E-state index contributed by atoms with van der Waals surface area (Å²) in [5, 5.41) is 4.23. The zero-order valence-electron chi connectivity index (χ0n) is 11.5. The van der Waals surface area contributed by atoms with Gasteiger partial charge in [-0.15, -0.1) is 6.58 Å². The molecule has 2 nitrogen and oxygen atoms in total. The molecule has 100 valence electrons. The molecule has 0 aromatic rings. The Labute approximate surface area is 112 Å². The summed E-state index contributed by atoms with van der Waals surface area (Å²) in [5.41, 5.74) is 0. The van der Waals surface area contributed by atoms with Gasteiger partial charge in [0, 0.05) is 19.6 Å². The Morgan fingerprint density at radius 2 is 1.82 bits per heavy atom. The van der Waals surface area contributed by atoms with Gasteiger partial charge in [0.1, 0.15) is 0 Å². The van der Waals surface area contributed by atoms with Crippen LogP contribution >= 0.6 is 12.2 Å². The van der Waals surface area contributed by atoms with E-state index in [0.717, 1.165) is 24.7 Å². The van der Waals surface area contributed by atoms with Gasteiger partial charge in [0.2, 0.25) is 0 Å². The van der Waals surface area contributed by atoms with Crippen LogP contribution in [-0.2, 0) is 0 Å². The molecule has 0 heterocycles. The molecule has 0 atom stereocenters. The van der Waals surface area contributed by atoms with Gasteiger partial charge in [-0.25, -0.2) is 0 Å². The standard InChI is InChI=1S/C14H28N2S/c1-4-7-9-11-15-14(17)16(12-6-3)13-10-8-5-2/h6H,3-5,7-13H2,1-2H3,(H,15,17). The minimum Gasteiger partial charge on any atom is -0.363 e. The molecule has 0 aliphatic carbocycles. The summed E-state index contributed by atoms with van der Waals surface area (Å²) >= 11 is 5.41. The first kappa shape index (κ1) is 16.4. The molecule has 0 aliphatic heterocycles. The molecule has 0 aliphatic rings. The highest BCUT2D eigenvalue weighted by Gasteiger charge is 2.06. The van der Waals surface area contributed by atoms with Crippen LogP contribution in [0.3, 0.4) is 0 Å². The average molecular weight is 256 g/mol. The van der Waals surface area contributed by atoms with Crippen LogP contribution < -0.4 is 5.32 Å². The number of unbranched alkanes of at least 4 members (excludes halogenated alkanes) is 4. The highest BCUT2D eigenvalue weighted by molar-refractivity contribution is 7.80. The second kappa shape index (κ2) is 11.9. The van der Waals surface area contributed by atoms with E-state index in [1.54, 1.807) is 0 Å². The number of nitrogens with one attached hydrogen (secondary N) is 1. The minimum atomic E-state index is 0.851. The second-order valence-electron chi connectivity index (χ2n) is 4.38. The lowest BCUT2D eigenvalue weighted by molar-refractivity contribution is 0.432. The first-order valence-electron chi connectivity index (χ1n) is 6.89. The Morgan fingerprint density at radius 1 is 1.18 bits per heavy atom. The van der Waals surface area contributed by atoms with Crippen molar-refractivity contribution in [1.29, 1.82) is 0 Å². The molecule has 17 heavy (non-hydrogen) atoms. The number of hydrogen-bond acceptors (Lipinski definition) is 1. The van der Waals surface area contributed by atoms with Gasteiger partial charge in [0.25, 0.3) is 0 Å². The van der Waals surface area contributed by atoms with Gasteiger partial charge < -0.3 is 10.2 Å². The molecule has 0 bridgehead atoms. The van der Waals surface area contributed by atoms with Crippen molar-refractivity contribution in [2.24, 2.45) is 0 Å². The Bertz CT molecular complexity index is 204. The summed E-state index contributed by atoms with van der Waals surface area (Å²) in [6.07, 6.45) is 9.37. The third-order valence-electron chi connectivity index (χ3n) is 2.72. The normalized spacial score (nSPS) is 10.0. The van der Waals surface area contributed by atoms with E-state index in [1.807, 2.05) is 6.08 Å². The maximum atomic E-state index is 5.41. The van der Waals surface area contributed by atoms with Crippen molar-refractivity contribution < 1.29 is 0 Å². The molecule has 0 amide bonds. The molecule has 0 rings (SSSR count). The highest BCUT2D eigenvalue weighted by Crippen LogP contribution is 2.00. The number of thiocarbonyl (C=S) groups is 1. The van der Waals surface area contributed by atoms with E-state index in [1.165, 1.54) is 38.5 Å². The van der Waals surface area contributed by atoms with Crippen molar-refractivity contribution in [3.8, 4) is 0 Å². The Morgan fingerprint density at radius 3 is 2.41 bits per heavy atom. The summed E-state index contributed by atoms with van der Waals surface area (Å²) in [7, 11) is 0. The average Bonchev–Trinajstić information content (AvgIpc) is 2.33. The fraction of sp³-hybridized carbons (Fsp3) is 0.786. The van der Waals surface area contributed by atoms with Crippen molar-refractivity contribution in [2.45, 2.75) is 52.4 Å². The smallest absolute Gasteiger partial charge is 0.169 e. The van der Waals surface area contributed by atoms with Gasteiger partial charge in [-0.2, -0.15) is 0 Å². The van der Waals surface area contributed by atoms with Gasteiger partial charge in [0.05, 0.1) is 0 Å². The summed E-state index contributed by atoms with van der Waals surface area (Å²) in [4.78, 5) is 2.21. The monoisotopic (exact) mass is 256 g/mol. The van der Waals surface area contributed by atoms with Crippen LogP contribution in [0.25, 0.3) is 0 Å². The fourth-order valence-corrected chi connectivity index (χ4v) is 1.93. The summed E-state index contributed by atoms with van der Waals surface area (Å²) < 4.78 is 0. The van der Waals surface area contributed by atoms with Gasteiger partial charge in [-0.1, -0.05) is 45.6 Å². The van der Waals surface area contributed by atoms with Crippen LogP contribution in [0.1, 0.15) is 52.4 Å². The number of rotatable bonds is 10. The lowest BCUT2D eigenvalue weighted by Crippen LogP contribution is -2.40. The number of hydrogen-bond donors (Lipinski definition) is 1. The zero-order chi connectivity index (χ0) is 12.9. The quantitative estimate of drug-likeness (QED) is 0.364. The Kier molecular flexibility index (Phi) is 11.5. The third kappa shape index (κ3) is 9.16. The Balaban J connectivity index is 3.83. The van der Waals surface area contributed by atoms with Gasteiger partial charge >= 0.3 is 0 Å². The van der Waals surface area contributed by atoms with E-state index >= 15 is 0 Å². The van der Waals surface area contributed by atoms with Crippen molar-refractivity contribution in [3.05, 3.63) is 12.7 Å². The SMILES string of the molecule is C=CCN(CCCCC)C(=S)NCCCCC. The van der Waals surface area contributed by atoms with Crippen molar-refractivity contribution >= 4 is 17.3 Å². The molecule has 1 N–H and O–H groups in total. The van der Waals surface area contributed by atoms with Crippen LogP contribution in [0.2, 0.25) is 0 Å². The van der Waals surface area contributed by atoms with Crippen molar-refractivity contribution in [1.82, 2.24) is 10.2 Å². The predicted octanol–water partition coefficient (Wildman–Crippen LogP) is 3.73. The van der Waals surface area contributed by atoms with Gasteiger partial charge in [-0.3, -0.25) is 0 Å². The molecule has 0 spiro atoms. The van der Waals surface area contributed by atoms with Gasteiger partial charge in [0.15, 0.2) is 5.11 Å². The minimum absolute atomic E-state index is 0.851. The predicted molar refractivity (Wildman–Crippen MR) is 81.4 cm³/mol. The maximum Gasteiger partial charge on any atom is 0.169 e. The fourth-order valence-electron chi connectivity index (χ4n) is 1.67. The van der Waals surface area contributed by atoms with E-state index in [-0.39, 0.29) is 0 Å². The molecular formula is C14H28N2S. The van der Waals surface area contributed by atoms with Gasteiger partial charge in [-0.05, 0) is 25.1 Å². The molecule has 3 heteroatoms.